The van der Waals surface area contributed by atoms with Gasteiger partial charge >= 0.3 is 0 Å². The summed E-state index contributed by atoms with van der Waals surface area (Å²) in [5, 5.41) is 6.19. The number of halogens is 1. The van der Waals surface area contributed by atoms with Crippen molar-refractivity contribution < 1.29 is 9.53 Å². The predicted octanol–water partition coefficient (Wildman–Crippen LogP) is 0.926. The summed E-state index contributed by atoms with van der Waals surface area (Å²) in [6, 6.07) is 3.52. The van der Waals surface area contributed by atoms with Crippen molar-refractivity contribution in [3.8, 4) is 5.88 Å². The lowest BCUT2D eigenvalue weighted by Crippen LogP contribution is -2.35. The SMILES string of the molecule is CN(C)CCNC(=O)c1cccnc1OC1CCNCC1.Cl. The molecular formula is C15H25ClN4O2. The molecule has 1 aliphatic heterocycles. The average Bonchev–Trinajstić information content (AvgIpc) is 2.48. The van der Waals surface area contributed by atoms with Gasteiger partial charge in [-0.3, -0.25) is 4.79 Å². The molecule has 0 unspecified atom stereocenters. The fourth-order valence-corrected chi connectivity index (χ4v) is 2.22. The van der Waals surface area contributed by atoms with Gasteiger partial charge in [-0.05, 0) is 52.2 Å². The van der Waals surface area contributed by atoms with Crippen LogP contribution in [0.1, 0.15) is 23.2 Å². The average molecular weight is 329 g/mol. The summed E-state index contributed by atoms with van der Waals surface area (Å²) in [5.74, 6) is 0.306. The van der Waals surface area contributed by atoms with Crippen LogP contribution in [0.5, 0.6) is 5.88 Å². The van der Waals surface area contributed by atoms with Gasteiger partial charge in [0, 0.05) is 19.3 Å². The maximum absolute atomic E-state index is 12.2. The molecule has 0 aliphatic carbocycles. The van der Waals surface area contributed by atoms with Gasteiger partial charge in [0.2, 0.25) is 5.88 Å². The van der Waals surface area contributed by atoms with Crippen molar-refractivity contribution in [1.29, 1.82) is 0 Å². The molecule has 124 valence electrons. The number of piperidine rings is 1. The van der Waals surface area contributed by atoms with Gasteiger partial charge in [0.15, 0.2) is 0 Å². The lowest BCUT2D eigenvalue weighted by molar-refractivity contribution is 0.0937. The number of pyridine rings is 1. The second-order valence-corrected chi connectivity index (χ2v) is 5.48. The molecule has 6 nitrogen and oxygen atoms in total. The highest BCUT2D eigenvalue weighted by atomic mass is 35.5. The van der Waals surface area contributed by atoms with E-state index in [2.05, 4.69) is 15.6 Å². The van der Waals surface area contributed by atoms with Crippen molar-refractivity contribution in [2.75, 3.05) is 40.3 Å². The number of carbonyl (C=O) groups is 1. The maximum Gasteiger partial charge on any atom is 0.256 e. The van der Waals surface area contributed by atoms with E-state index in [1.54, 1.807) is 18.3 Å². The third-order valence-corrected chi connectivity index (χ3v) is 3.42. The first-order valence-electron chi connectivity index (χ1n) is 7.42. The molecule has 7 heteroatoms. The van der Waals surface area contributed by atoms with Gasteiger partial charge in [0.1, 0.15) is 11.7 Å². The van der Waals surface area contributed by atoms with E-state index < -0.39 is 0 Å². The van der Waals surface area contributed by atoms with E-state index in [9.17, 15) is 4.79 Å². The summed E-state index contributed by atoms with van der Waals surface area (Å²) in [4.78, 5) is 18.5. The second kappa shape index (κ2) is 9.61. The van der Waals surface area contributed by atoms with E-state index in [0.29, 0.717) is 18.0 Å². The molecule has 0 atom stereocenters. The van der Waals surface area contributed by atoms with Crippen LogP contribution in [0.2, 0.25) is 0 Å². The molecule has 2 rings (SSSR count). The summed E-state index contributed by atoms with van der Waals surface area (Å²) in [6.45, 7) is 3.30. The zero-order valence-corrected chi connectivity index (χ0v) is 14.0. The van der Waals surface area contributed by atoms with Crippen molar-refractivity contribution in [3.05, 3.63) is 23.9 Å². The molecule has 2 N–H and O–H groups in total. The van der Waals surface area contributed by atoms with Crippen LogP contribution in [-0.4, -0.2) is 62.2 Å². The minimum Gasteiger partial charge on any atom is -0.474 e. The largest absolute Gasteiger partial charge is 0.474 e. The van der Waals surface area contributed by atoms with Crippen LogP contribution in [0, 0.1) is 0 Å². The Labute approximate surface area is 138 Å². The third-order valence-electron chi connectivity index (χ3n) is 3.42. The van der Waals surface area contributed by atoms with Crippen LogP contribution in [0.25, 0.3) is 0 Å². The smallest absolute Gasteiger partial charge is 0.256 e. The van der Waals surface area contributed by atoms with Crippen LogP contribution >= 0.6 is 12.4 Å². The van der Waals surface area contributed by atoms with Crippen LogP contribution < -0.4 is 15.4 Å². The summed E-state index contributed by atoms with van der Waals surface area (Å²) in [6.07, 6.45) is 3.68. The fourth-order valence-electron chi connectivity index (χ4n) is 2.22. The minimum absolute atomic E-state index is 0. The molecule has 0 radical (unpaired) electrons. The standard InChI is InChI=1S/C15H24N4O2.ClH/c1-19(2)11-10-17-14(20)13-4-3-7-18-15(13)21-12-5-8-16-9-6-12;/h3-4,7,12,16H,5-6,8-11H2,1-2H3,(H,17,20);1H. The molecular weight excluding hydrogens is 304 g/mol. The van der Waals surface area contributed by atoms with E-state index in [4.69, 9.17) is 4.74 Å². The highest BCUT2D eigenvalue weighted by molar-refractivity contribution is 5.96. The molecule has 0 spiro atoms. The number of nitrogens with one attached hydrogen (secondary N) is 2. The molecule has 0 aromatic carbocycles. The Balaban J connectivity index is 0.00000242. The summed E-state index contributed by atoms with van der Waals surface area (Å²) < 4.78 is 5.91. The first kappa shape index (κ1) is 18.7. The van der Waals surface area contributed by atoms with E-state index in [1.807, 2.05) is 19.0 Å². The highest BCUT2D eigenvalue weighted by Gasteiger charge is 2.19. The maximum atomic E-state index is 12.2. The topological polar surface area (TPSA) is 66.5 Å². The Bertz CT molecular complexity index is 465. The number of hydrogen-bond acceptors (Lipinski definition) is 5. The van der Waals surface area contributed by atoms with Gasteiger partial charge < -0.3 is 20.3 Å². The predicted molar refractivity (Wildman–Crippen MR) is 88.9 cm³/mol. The van der Waals surface area contributed by atoms with Crippen molar-refractivity contribution in [1.82, 2.24) is 20.5 Å². The van der Waals surface area contributed by atoms with Crippen LogP contribution in [0.3, 0.4) is 0 Å². The van der Waals surface area contributed by atoms with Crippen molar-refractivity contribution in [2.45, 2.75) is 18.9 Å². The fraction of sp³-hybridized carbons (Fsp3) is 0.600. The van der Waals surface area contributed by atoms with Gasteiger partial charge in [-0.15, -0.1) is 12.4 Å². The lowest BCUT2D eigenvalue weighted by Gasteiger charge is -2.24. The number of aromatic nitrogens is 1. The van der Waals surface area contributed by atoms with E-state index >= 15 is 0 Å². The highest BCUT2D eigenvalue weighted by Crippen LogP contribution is 2.18. The zero-order valence-electron chi connectivity index (χ0n) is 13.2. The quantitative estimate of drug-likeness (QED) is 0.813. The van der Waals surface area contributed by atoms with Gasteiger partial charge in [-0.2, -0.15) is 0 Å². The number of ether oxygens (including phenoxy) is 1. The van der Waals surface area contributed by atoms with Crippen LogP contribution in [0.15, 0.2) is 18.3 Å². The van der Waals surface area contributed by atoms with Gasteiger partial charge in [0.25, 0.3) is 5.91 Å². The van der Waals surface area contributed by atoms with E-state index in [1.165, 1.54) is 0 Å². The summed E-state index contributed by atoms with van der Waals surface area (Å²) in [5.41, 5.74) is 0.509. The van der Waals surface area contributed by atoms with Crippen molar-refractivity contribution in [3.63, 3.8) is 0 Å². The lowest BCUT2D eigenvalue weighted by atomic mass is 10.1. The summed E-state index contributed by atoms with van der Waals surface area (Å²) in [7, 11) is 3.95. The normalized spacial score (nSPS) is 15.2. The number of hydrogen-bond donors (Lipinski definition) is 2. The molecule has 2 heterocycles. The molecule has 22 heavy (non-hydrogen) atoms. The van der Waals surface area contributed by atoms with E-state index in [0.717, 1.165) is 32.5 Å². The van der Waals surface area contributed by atoms with Crippen LogP contribution in [0.4, 0.5) is 0 Å². The summed E-state index contributed by atoms with van der Waals surface area (Å²) >= 11 is 0. The Morgan fingerprint density at radius 3 is 2.86 bits per heavy atom. The van der Waals surface area contributed by atoms with E-state index in [-0.39, 0.29) is 24.4 Å². The Kier molecular flexibility index (Phi) is 8.16. The molecule has 0 bridgehead atoms. The number of nitrogens with zero attached hydrogens (tertiary/aromatic N) is 2. The van der Waals surface area contributed by atoms with Crippen LogP contribution in [-0.2, 0) is 0 Å². The van der Waals surface area contributed by atoms with Crippen molar-refractivity contribution in [2.24, 2.45) is 0 Å². The second-order valence-electron chi connectivity index (χ2n) is 5.48. The molecule has 1 aromatic heterocycles. The van der Waals surface area contributed by atoms with Crippen molar-refractivity contribution >= 4 is 18.3 Å². The molecule has 1 saturated heterocycles. The Morgan fingerprint density at radius 2 is 2.18 bits per heavy atom. The monoisotopic (exact) mass is 328 g/mol. The molecule has 1 aliphatic rings. The Morgan fingerprint density at radius 1 is 1.45 bits per heavy atom. The third kappa shape index (κ3) is 5.79. The van der Waals surface area contributed by atoms with Gasteiger partial charge in [-0.1, -0.05) is 0 Å². The zero-order chi connectivity index (χ0) is 15.1. The number of amides is 1. The van der Waals surface area contributed by atoms with Gasteiger partial charge in [-0.25, -0.2) is 4.98 Å². The number of likely N-dealkylation sites (N-methyl/N-ethyl adjacent to an activating group) is 1. The molecule has 1 fully saturated rings. The minimum atomic E-state index is -0.131. The molecule has 0 saturated carbocycles. The number of rotatable bonds is 6. The molecule has 1 aromatic rings. The molecule has 1 amide bonds. The first-order valence-corrected chi connectivity index (χ1v) is 7.42. The van der Waals surface area contributed by atoms with Gasteiger partial charge in [0.05, 0.1) is 0 Å². The first-order chi connectivity index (χ1) is 10.2. The number of carbonyl (C=O) groups excluding carboxylic acids is 1. The Hall–Kier alpha value is -1.37.